The summed E-state index contributed by atoms with van der Waals surface area (Å²) in [5.41, 5.74) is -3.23. The molecule has 2 aliphatic heterocycles. The van der Waals surface area contributed by atoms with Crippen LogP contribution in [-0.2, 0) is 9.47 Å². The van der Waals surface area contributed by atoms with Gasteiger partial charge < -0.3 is 9.47 Å². The van der Waals surface area contributed by atoms with Crippen LogP contribution in [0.15, 0.2) is 0 Å². The Morgan fingerprint density at radius 3 is 2.35 bits per heavy atom. The van der Waals surface area contributed by atoms with Crippen molar-refractivity contribution in [2.75, 3.05) is 6.61 Å². The predicted octanol–water partition coefficient (Wildman–Crippen LogP) is 2.09. The maximum absolute atomic E-state index is 9.69. The van der Waals surface area contributed by atoms with E-state index in [0.29, 0.717) is 12.8 Å². The zero-order chi connectivity index (χ0) is 15.0. The Morgan fingerprint density at radius 1 is 1.25 bits per heavy atom. The normalized spacial score (nSPS) is 37.4. The van der Waals surface area contributed by atoms with Gasteiger partial charge >= 0.3 is 0 Å². The van der Waals surface area contributed by atoms with E-state index in [2.05, 4.69) is 6.07 Å². The molecule has 0 aromatic heterocycles. The Balaban J connectivity index is 2.69. The third kappa shape index (κ3) is 1.31. The molecule has 0 amide bonds. The molecule has 3 atom stereocenters. The maximum Gasteiger partial charge on any atom is 0.217 e. The van der Waals surface area contributed by atoms with Gasteiger partial charge in [-0.05, 0) is 12.8 Å². The Hall–Kier alpha value is -2.10. The Kier molecular flexibility index (Phi) is 3.20. The SMILES string of the molecule is CCCC12OCC(C#N)(C#N)C(C#N)(C(=N)O1)C2CC. The number of fused-ring (bicyclic) bond motifs is 2. The monoisotopic (exact) mass is 272 g/mol. The van der Waals surface area contributed by atoms with Gasteiger partial charge in [-0.15, -0.1) is 0 Å². The third-order valence-corrected chi connectivity index (χ3v) is 4.46. The van der Waals surface area contributed by atoms with E-state index in [0.717, 1.165) is 6.42 Å². The molecule has 2 heterocycles. The lowest BCUT2D eigenvalue weighted by Crippen LogP contribution is -2.58. The fourth-order valence-electron chi connectivity index (χ4n) is 3.53. The second-order valence-electron chi connectivity index (χ2n) is 5.29. The van der Waals surface area contributed by atoms with E-state index in [1.165, 1.54) is 0 Å². The van der Waals surface area contributed by atoms with Crippen molar-refractivity contribution in [3.8, 4) is 18.2 Å². The van der Waals surface area contributed by atoms with Crippen LogP contribution in [0.2, 0.25) is 0 Å². The van der Waals surface area contributed by atoms with Crippen LogP contribution in [0.1, 0.15) is 33.1 Å². The number of nitriles is 3. The number of nitrogens with zero attached hydrogens (tertiary/aromatic N) is 3. The van der Waals surface area contributed by atoms with Gasteiger partial charge in [0.25, 0.3) is 0 Å². The van der Waals surface area contributed by atoms with Gasteiger partial charge in [0.2, 0.25) is 11.7 Å². The van der Waals surface area contributed by atoms with E-state index in [-0.39, 0.29) is 12.5 Å². The summed E-state index contributed by atoms with van der Waals surface area (Å²) in [6.45, 7) is 3.62. The van der Waals surface area contributed by atoms with Crippen LogP contribution in [0, 0.1) is 56.2 Å². The lowest BCUT2D eigenvalue weighted by molar-refractivity contribution is -0.251. The molecule has 2 aliphatic rings. The fraction of sp³-hybridized carbons (Fsp3) is 0.714. The molecule has 6 nitrogen and oxygen atoms in total. The van der Waals surface area contributed by atoms with Crippen molar-refractivity contribution < 1.29 is 9.47 Å². The molecule has 0 saturated carbocycles. The van der Waals surface area contributed by atoms with Gasteiger partial charge in [-0.25, -0.2) is 0 Å². The molecule has 2 bridgehead atoms. The summed E-state index contributed by atoms with van der Waals surface area (Å²) < 4.78 is 11.3. The summed E-state index contributed by atoms with van der Waals surface area (Å²) >= 11 is 0. The minimum absolute atomic E-state index is 0.202. The summed E-state index contributed by atoms with van der Waals surface area (Å²) in [6, 6.07) is 5.88. The highest BCUT2D eigenvalue weighted by molar-refractivity contribution is 5.88. The molecule has 6 heteroatoms. The average Bonchev–Trinajstić information content (AvgIpc) is 2.64. The first kappa shape index (κ1) is 14.3. The van der Waals surface area contributed by atoms with Gasteiger partial charge in [-0.1, -0.05) is 13.8 Å². The van der Waals surface area contributed by atoms with Gasteiger partial charge in [0.05, 0.1) is 30.7 Å². The third-order valence-electron chi connectivity index (χ3n) is 4.46. The highest BCUT2D eigenvalue weighted by atomic mass is 16.7. The highest BCUT2D eigenvalue weighted by Crippen LogP contribution is 2.62. The summed E-state index contributed by atoms with van der Waals surface area (Å²) in [5.74, 6) is -1.84. The van der Waals surface area contributed by atoms with Crippen LogP contribution in [0.25, 0.3) is 0 Å². The first-order valence-electron chi connectivity index (χ1n) is 6.68. The van der Waals surface area contributed by atoms with Gasteiger partial charge in [0.1, 0.15) is 0 Å². The molecule has 2 rings (SSSR count). The number of rotatable bonds is 3. The molecular formula is C14H16N4O2. The van der Waals surface area contributed by atoms with Crippen molar-refractivity contribution >= 4 is 5.90 Å². The minimum atomic E-state index is -1.69. The molecule has 0 aliphatic carbocycles. The van der Waals surface area contributed by atoms with Crippen LogP contribution in [-0.4, -0.2) is 18.3 Å². The molecule has 2 saturated heterocycles. The molecular weight excluding hydrogens is 256 g/mol. The second kappa shape index (κ2) is 4.47. The van der Waals surface area contributed by atoms with Crippen molar-refractivity contribution in [3.05, 3.63) is 0 Å². The summed E-state index contributed by atoms with van der Waals surface area (Å²) in [5, 5.41) is 36.7. The van der Waals surface area contributed by atoms with E-state index in [9.17, 15) is 15.8 Å². The van der Waals surface area contributed by atoms with Crippen LogP contribution < -0.4 is 0 Å². The van der Waals surface area contributed by atoms with Gasteiger partial charge in [0.15, 0.2) is 10.8 Å². The van der Waals surface area contributed by atoms with Gasteiger partial charge in [0, 0.05) is 6.42 Å². The van der Waals surface area contributed by atoms with E-state index in [4.69, 9.17) is 14.9 Å². The van der Waals surface area contributed by atoms with Crippen LogP contribution in [0.4, 0.5) is 0 Å². The number of ether oxygens (including phenoxy) is 2. The molecule has 1 N–H and O–H groups in total. The Bertz CT molecular complexity index is 553. The minimum Gasteiger partial charge on any atom is -0.447 e. The van der Waals surface area contributed by atoms with Crippen molar-refractivity contribution in [3.63, 3.8) is 0 Å². The maximum atomic E-state index is 9.69. The zero-order valence-electron chi connectivity index (χ0n) is 11.6. The molecule has 0 aromatic carbocycles. The first-order valence-corrected chi connectivity index (χ1v) is 6.68. The van der Waals surface area contributed by atoms with Crippen LogP contribution in [0.5, 0.6) is 0 Å². The molecule has 20 heavy (non-hydrogen) atoms. The van der Waals surface area contributed by atoms with Crippen LogP contribution >= 0.6 is 0 Å². The van der Waals surface area contributed by atoms with Crippen molar-refractivity contribution in [1.29, 1.82) is 21.2 Å². The van der Waals surface area contributed by atoms with E-state index < -0.39 is 22.5 Å². The first-order chi connectivity index (χ1) is 9.52. The van der Waals surface area contributed by atoms with Crippen molar-refractivity contribution in [1.82, 2.24) is 0 Å². The van der Waals surface area contributed by atoms with Gasteiger partial charge in [-0.2, -0.15) is 15.8 Å². The van der Waals surface area contributed by atoms with E-state index in [1.54, 1.807) is 0 Å². The quantitative estimate of drug-likeness (QED) is 0.844. The summed E-state index contributed by atoms with van der Waals surface area (Å²) in [6.07, 6.45) is 1.79. The molecule has 3 unspecified atom stereocenters. The molecule has 2 fully saturated rings. The lowest BCUT2D eigenvalue weighted by Gasteiger charge is -2.45. The average molecular weight is 272 g/mol. The van der Waals surface area contributed by atoms with E-state index in [1.807, 2.05) is 26.0 Å². The second-order valence-corrected chi connectivity index (χ2v) is 5.29. The Morgan fingerprint density at radius 2 is 1.90 bits per heavy atom. The topological polar surface area (TPSA) is 114 Å². The number of nitrogens with one attached hydrogen (secondary N) is 1. The van der Waals surface area contributed by atoms with E-state index >= 15 is 0 Å². The van der Waals surface area contributed by atoms with Crippen molar-refractivity contribution in [2.45, 2.75) is 38.9 Å². The molecule has 0 radical (unpaired) electrons. The fourth-order valence-corrected chi connectivity index (χ4v) is 3.53. The lowest BCUT2D eigenvalue weighted by atomic mass is 9.56. The van der Waals surface area contributed by atoms with Crippen LogP contribution in [0.3, 0.4) is 0 Å². The predicted molar refractivity (Wildman–Crippen MR) is 67.9 cm³/mol. The number of hydrogen-bond donors (Lipinski definition) is 1. The standard InChI is InChI=1S/C14H16N4O2/c1-3-5-14-10(4-2)13(8-17,11(18)20-14)12(6-15,7-16)9-19-14/h10,18H,3-5,9H2,1-2H3. The number of hydrogen-bond acceptors (Lipinski definition) is 6. The molecule has 104 valence electrons. The summed E-state index contributed by atoms with van der Waals surface area (Å²) in [7, 11) is 0. The highest BCUT2D eigenvalue weighted by Gasteiger charge is 2.76. The van der Waals surface area contributed by atoms with Crippen molar-refractivity contribution in [2.24, 2.45) is 16.7 Å². The molecule has 0 spiro atoms. The largest absolute Gasteiger partial charge is 0.447 e. The van der Waals surface area contributed by atoms with Gasteiger partial charge in [-0.3, -0.25) is 5.41 Å². The zero-order valence-corrected chi connectivity index (χ0v) is 11.6. The smallest absolute Gasteiger partial charge is 0.217 e. The molecule has 0 aromatic rings. The Labute approximate surface area is 118 Å². The summed E-state index contributed by atoms with van der Waals surface area (Å²) in [4.78, 5) is 0.